The summed E-state index contributed by atoms with van der Waals surface area (Å²) in [5, 5.41) is 45.7. The number of nitrogens with zero attached hydrogens (tertiary/aromatic N) is 2. The van der Waals surface area contributed by atoms with E-state index in [4.69, 9.17) is 23.7 Å². The van der Waals surface area contributed by atoms with Gasteiger partial charge in [0.15, 0.2) is 17.3 Å². The molecule has 8 aromatic carbocycles. The zero-order valence-corrected chi connectivity index (χ0v) is 47.5. The van der Waals surface area contributed by atoms with Crippen molar-refractivity contribution in [1.82, 2.24) is 9.80 Å². The lowest BCUT2D eigenvalue weighted by molar-refractivity contribution is -0.0358. The van der Waals surface area contributed by atoms with Gasteiger partial charge in [0.05, 0.1) is 12.7 Å². The highest BCUT2D eigenvalue weighted by molar-refractivity contribution is 6.10. The Morgan fingerprint density at radius 2 is 0.631 bits per heavy atom. The fourth-order valence-corrected chi connectivity index (χ4v) is 9.51. The molecule has 0 aromatic heterocycles. The van der Waals surface area contributed by atoms with Crippen molar-refractivity contribution in [1.29, 1.82) is 0 Å². The number of aliphatic hydroxyl groups excluding tert-OH is 4. The van der Waals surface area contributed by atoms with Gasteiger partial charge in [-0.2, -0.15) is 0 Å². The van der Waals surface area contributed by atoms with Crippen LogP contribution in [-0.2, 0) is 11.2 Å². The summed E-state index contributed by atoms with van der Waals surface area (Å²) in [6, 6.07) is 64.9. The standard InChI is InChI=1S/C70H74N2O12/c1-50(72(43-62(75)48-83-64-31-23-53(24-32-64)39-52-15-7-3-8-16-52)44-63(76)49-84-67-37-29-59(30-38-67)70(79)56-21-13-6-14-22-56)45-80-51(2)40-71(41-60(73)46-81-65-33-25-57(26-34-65)68(77)54-17-9-4-10-18-54)42-61(74)47-82-66-35-27-58(28-36-66)69(78)55-19-11-5-12-20-55/h3-38,50-51,60-63,73-76H,39-49H2,1-2H3. The molecule has 6 atom stereocenters. The van der Waals surface area contributed by atoms with Crippen molar-refractivity contribution < 1.29 is 58.5 Å². The molecule has 0 aliphatic rings. The zero-order chi connectivity index (χ0) is 59.0. The third-order valence-corrected chi connectivity index (χ3v) is 14.0. The summed E-state index contributed by atoms with van der Waals surface area (Å²) in [7, 11) is 0. The lowest BCUT2D eigenvalue weighted by Crippen LogP contribution is -2.48. The molecule has 0 saturated heterocycles. The van der Waals surface area contributed by atoms with Crippen LogP contribution in [0.5, 0.6) is 23.0 Å². The van der Waals surface area contributed by atoms with Crippen LogP contribution in [0.4, 0.5) is 0 Å². The maximum absolute atomic E-state index is 13.0. The van der Waals surface area contributed by atoms with Crippen molar-refractivity contribution in [3.8, 4) is 23.0 Å². The number of ketones is 3. The topological polar surface area (TPSA) is 185 Å². The monoisotopic (exact) mass is 1130 g/mol. The maximum Gasteiger partial charge on any atom is 0.193 e. The Morgan fingerprint density at radius 3 is 0.976 bits per heavy atom. The smallest absolute Gasteiger partial charge is 0.193 e. The van der Waals surface area contributed by atoms with Gasteiger partial charge in [0.1, 0.15) is 73.8 Å². The molecule has 4 N–H and O–H groups in total. The van der Waals surface area contributed by atoms with Crippen molar-refractivity contribution >= 4 is 17.3 Å². The zero-order valence-electron chi connectivity index (χ0n) is 47.5. The first kappa shape index (κ1) is 61.8. The molecule has 84 heavy (non-hydrogen) atoms. The molecule has 0 saturated carbocycles. The highest BCUT2D eigenvalue weighted by atomic mass is 16.5. The second-order valence-electron chi connectivity index (χ2n) is 21.0. The van der Waals surface area contributed by atoms with Crippen LogP contribution >= 0.6 is 0 Å². The highest BCUT2D eigenvalue weighted by Gasteiger charge is 2.25. The van der Waals surface area contributed by atoms with Crippen LogP contribution in [0.25, 0.3) is 0 Å². The summed E-state index contributed by atoms with van der Waals surface area (Å²) >= 11 is 0. The first-order valence-electron chi connectivity index (χ1n) is 28.4. The van der Waals surface area contributed by atoms with Crippen LogP contribution in [0.1, 0.15) is 72.7 Å². The van der Waals surface area contributed by atoms with E-state index in [1.54, 1.807) is 109 Å². The third-order valence-electron chi connectivity index (χ3n) is 14.0. The molecule has 0 bridgehead atoms. The summed E-state index contributed by atoms with van der Waals surface area (Å²) in [5.74, 6) is 1.69. The largest absolute Gasteiger partial charge is 0.491 e. The van der Waals surface area contributed by atoms with E-state index in [0.29, 0.717) is 56.4 Å². The normalized spacial score (nSPS) is 13.5. The number of benzene rings is 8. The summed E-state index contributed by atoms with van der Waals surface area (Å²) in [5.41, 5.74) is 5.57. The number of carbonyl (C=O) groups excluding carboxylic acids is 3. The van der Waals surface area contributed by atoms with Crippen molar-refractivity contribution in [3.05, 3.63) is 263 Å². The number of rotatable bonds is 34. The molecule has 0 aliphatic heterocycles. The molecule has 14 heteroatoms. The van der Waals surface area contributed by atoms with Gasteiger partial charge in [0.25, 0.3) is 0 Å². The molecular formula is C70H74N2O12. The van der Waals surface area contributed by atoms with Crippen LogP contribution in [0, 0.1) is 0 Å². The average Bonchev–Trinajstić information content (AvgIpc) is 3.62. The third kappa shape index (κ3) is 19.7. The lowest BCUT2D eigenvalue weighted by atomic mass is 10.0. The van der Waals surface area contributed by atoms with E-state index in [-0.39, 0.29) is 89.1 Å². The first-order valence-corrected chi connectivity index (χ1v) is 28.4. The van der Waals surface area contributed by atoms with E-state index in [2.05, 4.69) is 12.1 Å². The van der Waals surface area contributed by atoms with Crippen molar-refractivity contribution in [2.75, 3.05) is 65.8 Å². The number of hydrogen-bond donors (Lipinski definition) is 4. The predicted octanol–water partition coefficient (Wildman–Crippen LogP) is 9.43. The number of aliphatic hydroxyl groups is 4. The van der Waals surface area contributed by atoms with Crippen molar-refractivity contribution in [2.24, 2.45) is 0 Å². The maximum atomic E-state index is 13.0. The van der Waals surface area contributed by atoms with Crippen LogP contribution < -0.4 is 18.9 Å². The van der Waals surface area contributed by atoms with Gasteiger partial charge in [-0.15, -0.1) is 0 Å². The summed E-state index contributed by atoms with van der Waals surface area (Å²) in [6.07, 6.45) is -3.62. The summed E-state index contributed by atoms with van der Waals surface area (Å²) in [4.78, 5) is 42.8. The molecule has 0 heterocycles. The molecule has 14 nitrogen and oxygen atoms in total. The molecule has 0 spiro atoms. The second kappa shape index (κ2) is 31.9. The van der Waals surface area contributed by atoms with Crippen LogP contribution in [0.15, 0.2) is 218 Å². The fraction of sp³-hybridized carbons (Fsp3) is 0.271. The molecule has 436 valence electrons. The molecule has 0 amide bonds. The SMILES string of the molecule is CC(CN(CC(O)COc1ccc(C(=O)c2ccccc2)cc1)CC(O)COc1ccc(C(=O)c2ccccc2)cc1)OCC(C)N(CC(O)COc1ccc(Cc2ccccc2)cc1)CC(O)COc1ccc(C(=O)c2ccccc2)cc1. The van der Waals surface area contributed by atoms with E-state index < -0.39 is 30.5 Å². The first-order chi connectivity index (χ1) is 40.8. The molecule has 0 aliphatic carbocycles. The quantitative estimate of drug-likeness (QED) is 0.0280. The van der Waals surface area contributed by atoms with Crippen LogP contribution in [0.2, 0.25) is 0 Å². The van der Waals surface area contributed by atoms with Gasteiger partial charge in [0, 0.05) is 72.1 Å². The molecule has 8 rings (SSSR count). The number of carbonyl (C=O) groups is 3. The Bertz CT molecular complexity index is 3120. The van der Waals surface area contributed by atoms with Crippen molar-refractivity contribution in [2.45, 2.75) is 56.8 Å². The molecule has 6 unspecified atom stereocenters. The summed E-state index contributed by atoms with van der Waals surface area (Å²) in [6.45, 7) is 4.46. The Kier molecular flexibility index (Phi) is 23.5. The van der Waals surface area contributed by atoms with E-state index in [1.165, 1.54) is 5.56 Å². The second-order valence-corrected chi connectivity index (χ2v) is 21.0. The molecule has 8 aromatic rings. The fourth-order valence-electron chi connectivity index (χ4n) is 9.51. The molecular weight excluding hydrogens is 1060 g/mol. The number of hydrogen-bond acceptors (Lipinski definition) is 14. The van der Waals surface area contributed by atoms with Crippen LogP contribution in [-0.4, -0.2) is 150 Å². The Labute approximate surface area is 492 Å². The van der Waals surface area contributed by atoms with E-state index in [1.807, 2.05) is 121 Å². The Balaban J connectivity index is 0.887. The van der Waals surface area contributed by atoms with E-state index >= 15 is 0 Å². The lowest BCUT2D eigenvalue weighted by Gasteiger charge is -2.34. The Hall–Kier alpha value is -8.31. The minimum atomic E-state index is -1.01. The van der Waals surface area contributed by atoms with E-state index in [9.17, 15) is 34.8 Å². The van der Waals surface area contributed by atoms with Gasteiger partial charge in [-0.3, -0.25) is 24.2 Å². The van der Waals surface area contributed by atoms with Gasteiger partial charge in [-0.05, 0) is 116 Å². The van der Waals surface area contributed by atoms with Crippen LogP contribution in [0.3, 0.4) is 0 Å². The average molecular weight is 1140 g/mol. The summed E-state index contributed by atoms with van der Waals surface area (Å²) < 4.78 is 30.5. The predicted molar refractivity (Wildman–Crippen MR) is 324 cm³/mol. The van der Waals surface area contributed by atoms with Crippen molar-refractivity contribution in [3.63, 3.8) is 0 Å². The van der Waals surface area contributed by atoms with Gasteiger partial charge < -0.3 is 44.1 Å². The molecule has 0 fully saturated rings. The molecule has 0 radical (unpaired) electrons. The van der Waals surface area contributed by atoms with Gasteiger partial charge in [-0.1, -0.05) is 133 Å². The van der Waals surface area contributed by atoms with Gasteiger partial charge >= 0.3 is 0 Å². The minimum absolute atomic E-state index is 0.00924. The minimum Gasteiger partial charge on any atom is -0.491 e. The van der Waals surface area contributed by atoms with E-state index in [0.717, 1.165) is 12.0 Å². The highest BCUT2D eigenvalue weighted by Crippen LogP contribution is 2.21. The van der Waals surface area contributed by atoms with Gasteiger partial charge in [-0.25, -0.2) is 0 Å². The number of ether oxygens (including phenoxy) is 5. The Morgan fingerprint density at radius 1 is 0.345 bits per heavy atom. The van der Waals surface area contributed by atoms with Gasteiger partial charge in [0.2, 0.25) is 0 Å².